The zero-order chi connectivity index (χ0) is 21.4. The summed E-state index contributed by atoms with van der Waals surface area (Å²) in [7, 11) is 0. The highest BCUT2D eigenvalue weighted by Gasteiger charge is 2.15. The summed E-state index contributed by atoms with van der Waals surface area (Å²) < 4.78 is 6.70. The molecule has 2 aromatic carbocycles. The van der Waals surface area contributed by atoms with Crippen molar-refractivity contribution in [2.45, 2.75) is 6.92 Å². The molecule has 4 aromatic rings. The number of hydrogen-bond acceptors (Lipinski definition) is 6. The van der Waals surface area contributed by atoms with Crippen molar-refractivity contribution < 1.29 is 4.74 Å². The van der Waals surface area contributed by atoms with E-state index in [1.807, 2.05) is 30.1 Å². The first-order valence-electron chi connectivity index (χ1n) is 8.54. The molecule has 0 saturated carbocycles. The van der Waals surface area contributed by atoms with Gasteiger partial charge in [-0.3, -0.25) is 14.8 Å². The van der Waals surface area contributed by atoms with Crippen LogP contribution in [0.15, 0.2) is 52.2 Å². The average molecular weight is 440 g/mol. The summed E-state index contributed by atoms with van der Waals surface area (Å²) in [6.07, 6.45) is 1.73. The molecule has 0 aliphatic rings. The standard InChI is InChI=1S/C20H11Cl2N5O3/c1-10-4-5-24-16-3-2-12(8-13(10)16)30-18-14(21)6-11(7-15(18)22)27-20(29)25-19(28)17(9-23)26-27/h2-8H,1H3,(H,25,28,29). The van der Waals surface area contributed by atoms with Crippen LogP contribution in [0.4, 0.5) is 0 Å². The van der Waals surface area contributed by atoms with Gasteiger partial charge in [0.25, 0.3) is 5.56 Å². The third-order valence-corrected chi connectivity index (χ3v) is 4.87. The Kier molecular flexibility index (Phi) is 4.99. The predicted molar refractivity (Wildman–Crippen MR) is 112 cm³/mol. The summed E-state index contributed by atoms with van der Waals surface area (Å²) in [4.78, 5) is 29.9. The second-order valence-corrected chi connectivity index (χ2v) is 7.09. The highest BCUT2D eigenvalue weighted by Crippen LogP contribution is 2.38. The number of fused-ring (bicyclic) bond motifs is 1. The maximum Gasteiger partial charge on any atom is 0.349 e. The molecule has 0 saturated heterocycles. The van der Waals surface area contributed by atoms with Crippen LogP contribution in [0.5, 0.6) is 11.5 Å². The molecule has 0 aliphatic carbocycles. The lowest BCUT2D eigenvalue weighted by molar-refractivity contribution is 0.483. The molecule has 8 nitrogen and oxygen atoms in total. The Morgan fingerprint density at radius 2 is 1.87 bits per heavy atom. The van der Waals surface area contributed by atoms with Crippen LogP contribution in [0.3, 0.4) is 0 Å². The van der Waals surface area contributed by atoms with Crippen molar-refractivity contribution in [2.75, 3.05) is 0 Å². The molecule has 0 unspecified atom stereocenters. The van der Waals surface area contributed by atoms with Gasteiger partial charge in [-0.25, -0.2) is 4.79 Å². The zero-order valence-corrected chi connectivity index (χ0v) is 16.8. The van der Waals surface area contributed by atoms with E-state index < -0.39 is 16.9 Å². The van der Waals surface area contributed by atoms with Crippen LogP contribution in [0.25, 0.3) is 16.6 Å². The second-order valence-electron chi connectivity index (χ2n) is 6.28. The third-order valence-electron chi connectivity index (χ3n) is 4.31. The van der Waals surface area contributed by atoms with Crippen LogP contribution in [-0.2, 0) is 0 Å². The lowest BCUT2D eigenvalue weighted by Gasteiger charge is -2.13. The molecule has 0 aliphatic heterocycles. The molecule has 148 valence electrons. The molecular weight excluding hydrogens is 429 g/mol. The normalized spacial score (nSPS) is 10.7. The minimum atomic E-state index is -0.878. The van der Waals surface area contributed by atoms with E-state index >= 15 is 0 Å². The monoisotopic (exact) mass is 439 g/mol. The van der Waals surface area contributed by atoms with E-state index in [-0.39, 0.29) is 21.5 Å². The van der Waals surface area contributed by atoms with Crippen molar-refractivity contribution >= 4 is 34.1 Å². The summed E-state index contributed by atoms with van der Waals surface area (Å²) in [6, 6.07) is 11.7. The topological polar surface area (TPSA) is 114 Å². The number of benzene rings is 2. The first kappa shape index (κ1) is 19.6. The van der Waals surface area contributed by atoms with Gasteiger partial charge in [0, 0.05) is 11.6 Å². The number of nitrogens with one attached hydrogen (secondary N) is 1. The first-order chi connectivity index (χ1) is 14.4. The van der Waals surface area contributed by atoms with E-state index in [4.69, 9.17) is 33.2 Å². The predicted octanol–water partition coefficient (Wildman–Crippen LogP) is 3.75. The number of aromatic amines is 1. The highest BCUT2D eigenvalue weighted by molar-refractivity contribution is 6.37. The van der Waals surface area contributed by atoms with Crippen LogP contribution >= 0.6 is 23.2 Å². The molecule has 10 heteroatoms. The van der Waals surface area contributed by atoms with Crippen molar-refractivity contribution in [1.29, 1.82) is 5.26 Å². The van der Waals surface area contributed by atoms with Gasteiger partial charge in [0.2, 0.25) is 5.69 Å². The number of nitrogens with zero attached hydrogens (tertiary/aromatic N) is 4. The molecule has 0 atom stereocenters. The van der Waals surface area contributed by atoms with Crippen LogP contribution in [0, 0.1) is 18.3 Å². The molecule has 1 N–H and O–H groups in total. The summed E-state index contributed by atoms with van der Waals surface area (Å²) in [5.74, 6) is 0.683. The van der Waals surface area contributed by atoms with E-state index in [2.05, 4.69) is 10.1 Å². The summed E-state index contributed by atoms with van der Waals surface area (Å²) in [5, 5.41) is 13.8. The van der Waals surface area contributed by atoms with Gasteiger partial charge in [-0.1, -0.05) is 23.2 Å². The molecule has 0 spiro atoms. The number of aromatic nitrogens is 4. The fourth-order valence-electron chi connectivity index (χ4n) is 2.86. The second kappa shape index (κ2) is 7.63. The minimum Gasteiger partial charge on any atom is -0.454 e. The molecule has 0 fully saturated rings. The molecule has 0 radical (unpaired) electrons. The van der Waals surface area contributed by atoms with Crippen LogP contribution in [0.1, 0.15) is 11.3 Å². The van der Waals surface area contributed by atoms with E-state index in [1.165, 1.54) is 12.1 Å². The summed E-state index contributed by atoms with van der Waals surface area (Å²) >= 11 is 12.7. The van der Waals surface area contributed by atoms with E-state index in [0.717, 1.165) is 21.1 Å². The fraction of sp³-hybridized carbons (Fsp3) is 0.0500. The number of aryl methyl sites for hydroxylation is 1. The van der Waals surface area contributed by atoms with Gasteiger partial charge < -0.3 is 4.74 Å². The molecule has 0 bridgehead atoms. The van der Waals surface area contributed by atoms with Gasteiger partial charge in [-0.15, -0.1) is 5.10 Å². The number of pyridine rings is 1. The molecule has 2 aromatic heterocycles. The van der Waals surface area contributed by atoms with Gasteiger partial charge in [0.05, 0.1) is 21.2 Å². The maximum absolute atomic E-state index is 12.1. The van der Waals surface area contributed by atoms with Crippen molar-refractivity contribution in [3.63, 3.8) is 0 Å². The van der Waals surface area contributed by atoms with Gasteiger partial charge in [-0.05, 0) is 48.9 Å². The SMILES string of the molecule is Cc1ccnc2ccc(Oc3c(Cl)cc(-n4nc(C#N)c(=O)[nH]c4=O)cc3Cl)cc12. The highest BCUT2D eigenvalue weighted by atomic mass is 35.5. The van der Waals surface area contributed by atoms with E-state index in [9.17, 15) is 9.59 Å². The third kappa shape index (κ3) is 3.52. The largest absolute Gasteiger partial charge is 0.454 e. The van der Waals surface area contributed by atoms with Crippen LogP contribution < -0.4 is 16.0 Å². The van der Waals surface area contributed by atoms with E-state index in [1.54, 1.807) is 18.3 Å². The maximum atomic E-state index is 12.1. The smallest absolute Gasteiger partial charge is 0.349 e. The Morgan fingerprint density at radius 3 is 2.57 bits per heavy atom. The zero-order valence-electron chi connectivity index (χ0n) is 15.3. The van der Waals surface area contributed by atoms with E-state index in [0.29, 0.717) is 5.75 Å². The number of H-pyrrole nitrogens is 1. The van der Waals surface area contributed by atoms with Gasteiger partial charge >= 0.3 is 5.69 Å². The molecule has 0 amide bonds. The Labute approximate surface area is 178 Å². The number of rotatable bonds is 3. The van der Waals surface area contributed by atoms with Crippen molar-refractivity contribution in [3.8, 4) is 23.3 Å². The fourth-order valence-corrected chi connectivity index (χ4v) is 3.41. The van der Waals surface area contributed by atoms with Crippen molar-refractivity contribution in [3.05, 3.63) is 84.7 Å². The Hall–Kier alpha value is -3.67. The van der Waals surface area contributed by atoms with Gasteiger partial charge in [0.15, 0.2) is 5.75 Å². The molecule has 30 heavy (non-hydrogen) atoms. The van der Waals surface area contributed by atoms with Crippen LogP contribution in [0.2, 0.25) is 10.0 Å². The number of halogens is 2. The number of ether oxygens (including phenoxy) is 1. The Balaban J connectivity index is 1.76. The number of hydrogen-bond donors (Lipinski definition) is 1. The lowest BCUT2D eigenvalue weighted by Crippen LogP contribution is -2.33. The average Bonchev–Trinajstić information content (AvgIpc) is 2.71. The van der Waals surface area contributed by atoms with Crippen LogP contribution in [-0.4, -0.2) is 19.7 Å². The van der Waals surface area contributed by atoms with Gasteiger partial charge in [0.1, 0.15) is 11.8 Å². The lowest BCUT2D eigenvalue weighted by atomic mass is 10.1. The number of nitriles is 1. The molecular formula is C20H11Cl2N5O3. The molecule has 2 heterocycles. The Morgan fingerprint density at radius 1 is 1.13 bits per heavy atom. The van der Waals surface area contributed by atoms with Crippen molar-refractivity contribution in [2.24, 2.45) is 0 Å². The Bertz CT molecular complexity index is 1450. The quantitative estimate of drug-likeness (QED) is 0.519. The first-order valence-corrected chi connectivity index (χ1v) is 9.29. The minimum absolute atomic E-state index is 0.110. The van der Waals surface area contributed by atoms with Crippen molar-refractivity contribution in [1.82, 2.24) is 19.7 Å². The van der Waals surface area contributed by atoms with Gasteiger partial charge in [-0.2, -0.15) is 9.94 Å². The molecule has 4 rings (SSSR count). The summed E-state index contributed by atoms with van der Waals surface area (Å²) in [6.45, 7) is 1.97. The summed E-state index contributed by atoms with van der Waals surface area (Å²) in [5.41, 5.74) is -0.160.